The molecule has 0 radical (unpaired) electrons. The predicted octanol–water partition coefficient (Wildman–Crippen LogP) is 15.5. The molecule has 1 aliphatic heterocycles. The second-order valence-electron chi connectivity index (χ2n) is 20.9. The predicted molar refractivity (Wildman–Crippen MR) is 305 cm³/mol. The number of hydrogen-bond acceptors (Lipinski definition) is 8. The summed E-state index contributed by atoms with van der Waals surface area (Å²) in [7, 11) is 0. The molecule has 0 saturated heterocycles. The van der Waals surface area contributed by atoms with Crippen molar-refractivity contribution < 1.29 is 4.74 Å². The molecule has 0 aliphatic carbocycles. The van der Waals surface area contributed by atoms with Crippen molar-refractivity contribution in [1.29, 1.82) is 0 Å². The molecule has 6 aromatic heterocycles. The van der Waals surface area contributed by atoms with Crippen molar-refractivity contribution >= 4 is 88.6 Å². The summed E-state index contributed by atoms with van der Waals surface area (Å²) in [6.45, 7) is 15.7. The fourth-order valence-electron chi connectivity index (χ4n) is 11.6. The Morgan fingerprint density at radius 3 is 1.59 bits per heavy atom. The van der Waals surface area contributed by atoms with Crippen molar-refractivity contribution in [3.05, 3.63) is 204 Å². The Hall–Kier alpha value is -9.35. The van der Waals surface area contributed by atoms with Crippen LogP contribution in [0.3, 0.4) is 0 Å². The van der Waals surface area contributed by atoms with Gasteiger partial charge in [0.05, 0.1) is 38.8 Å². The van der Waals surface area contributed by atoms with Crippen molar-refractivity contribution in [3.63, 3.8) is 0 Å². The second-order valence-corrected chi connectivity index (χ2v) is 20.9. The van der Waals surface area contributed by atoms with Crippen LogP contribution >= 0.6 is 0 Å². The smallest absolute Gasteiger partial charge is 0.241 e. The first-order chi connectivity index (χ1) is 36.5. The van der Waals surface area contributed by atoms with E-state index in [4.69, 9.17) is 29.7 Å². The Bertz CT molecular complexity index is 4240. The summed E-state index contributed by atoms with van der Waals surface area (Å²) in [5.74, 6) is 4.55. The molecule has 0 saturated carbocycles. The molecule has 0 N–H and O–H groups in total. The van der Waals surface area contributed by atoms with E-state index in [1.165, 1.54) is 5.56 Å². The molecule has 0 unspecified atom stereocenters. The zero-order valence-electron chi connectivity index (χ0n) is 42.8. The third-order valence-corrected chi connectivity index (χ3v) is 15.1. The highest BCUT2D eigenvalue weighted by Crippen LogP contribution is 2.45. The van der Waals surface area contributed by atoms with Crippen molar-refractivity contribution in [2.24, 2.45) is 0 Å². The van der Waals surface area contributed by atoms with Crippen LogP contribution in [-0.2, 0) is 5.41 Å². The van der Waals surface area contributed by atoms with Gasteiger partial charge in [0.15, 0.2) is 5.82 Å². The van der Waals surface area contributed by atoms with E-state index in [9.17, 15) is 0 Å². The summed E-state index contributed by atoms with van der Waals surface area (Å²) in [4.78, 5) is 30.8. The van der Waals surface area contributed by atoms with Gasteiger partial charge in [-0.25, -0.2) is 9.97 Å². The molecule has 13 aromatic rings. The number of benzene rings is 7. The fraction of sp³-hybridized carbons (Fsp3) is 0.141. The molecule has 11 heteroatoms. The Labute approximate surface area is 433 Å². The molecule has 0 amide bonds. The van der Waals surface area contributed by atoms with Crippen LogP contribution in [0.2, 0.25) is 0 Å². The highest BCUT2D eigenvalue weighted by atomic mass is 16.5. The lowest BCUT2D eigenvalue weighted by Crippen LogP contribution is -2.27. The quantitative estimate of drug-likeness (QED) is 0.156. The maximum absolute atomic E-state index is 6.82. The molecule has 364 valence electrons. The van der Waals surface area contributed by atoms with E-state index in [1.807, 2.05) is 30.6 Å². The van der Waals surface area contributed by atoms with Crippen LogP contribution in [0.5, 0.6) is 11.5 Å². The van der Waals surface area contributed by atoms with Crippen LogP contribution in [0.15, 0.2) is 176 Å². The highest BCUT2D eigenvalue weighted by Gasteiger charge is 2.33. The third kappa shape index (κ3) is 6.91. The molecule has 0 fully saturated rings. The molecular formula is C64H52N10O. The molecule has 75 heavy (non-hydrogen) atoms. The summed E-state index contributed by atoms with van der Waals surface area (Å²) >= 11 is 0. The Kier molecular flexibility index (Phi) is 9.81. The number of aryl methyl sites for hydroxylation is 4. The number of ether oxygens (including phenoxy) is 1. The summed E-state index contributed by atoms with van der Waals surface area (Å²) in [6.07, 6.45) is 3.75. The van der Waals surface area contributed by atoms with E-state index in [-0.39, 0.29) is 5.41 Å². The van der Waals surface area contributed by atoms with Gasteiger partial charge in [-0.1, -0.05) is 118 Å². The van der Waals surface area contributed by atoms with Crippen molar-refractivity contribution in [3.8, 4) is 29.2 Å². The maximum atomic E-state index is 6.82. The molecule has 7 aromatic carbocycles. The second kappa shape index (κ2) is 16.6. The topological polar surface area (TPSA) is 95.0 Å². The Balaban J connectivity index is 0.905. The highest BCUT2D eigenvalue weighted by molar-refractivity contribution is 6.13. The monoisotopic (exact) mass is 976 g/mol. The zero-order chi connectivity index (χ0) is 50.9. The number of nitrogens with zero attached hydrogens (tertiary/aromatic N) is 10. The number of aromatic nitrogens is 8. The van der Waals surface area contributed by atoms with Crippen LogP contribution in [0.1, 0.15) is 48.6 Å². The SMILES string of the molecule is Cc1cccc2c3cccc(C)c3n(-c3nc(N4CN(c5cccc(Oc6ccc7c8ccccc8n(-c8cc(C(C)(C)C)ccn8)c7c6)c5)c5cccnc54)nc(-n4c5c(C)cccc5c5cccc(C)c54)n3)c12. The normalized spacial score (nSPS) is 12.9. The van der Waals surface area contributed by atoms with Gasteiger partial charge in [-0.2, -0.15) is 15.0 Å². The van der Waals surface area contributed by atoms with E-state index in [1.54, 1.807) is 0 Å². The summed E-state index contributed by atoms with van der Waals surface area (Å²) < 4.78 is 13.5. The Morgan fingerprint density at radius 2 is 0.973 bits per heavy atom. The molecule has 11 nitrogen and oxygen atoms in total. The van der Waals surface area contributed by atoms with Gasteiger partial charge < -0.3 is 9.64 Å². The number of fused-ring (bicyclic) bond motifs is 10. The molecule has 0 atom stereocenters. The molecule has 0 spiro atoms. The van der Waals surface area contributed by atoms with Gasteiger partial charge in [0.2, 0.25) is 17.8 Å². The van der Waals surface area contributed by atoms with Crippen LogP contribution < -0.4 is 14.5 Å². The number of hydrogen-bond donors (Lipinski definition) is 0. The van der Waals surface area contributed by atoms with Crippen molar-refractivity contribution in [2.45, 2.75) is 53.9 Å². The van der Waals surface area contributed by atoms with Crippen LogP contribution in [-0.4, -0.2) is 45.3 Å². The van der Waals surface area contributed by atoms with Crippen LogP contribution in [0, 0.1) is 27.7 Å². The van der Waals surface area contributed by atoms with E-state index in [2.05, 4.69) is 218 Å². The first kappa shape index (κ1) is 44.4. The van der Waals surface area contributed by atoms with Gasteiger partial charge in [0.25, 0.3) is 0 Å². The van der Waals surface area contributed by atoms with Gasteiger partial charge in [0.1, 0.15) is 24.0 Å². The molecule has 0 bridgehead atoms. The standard InChI is InChI=1S/C64H52N10O/c1-38-16-10-23-48-49-24-11-17-39(2)57(49)73(56(38)48)62-67-61(68-63(69-62)74-58-40(3)18-12-25-50(58)51-26-13-19-41(4)59(51)74)71-37-70(53-28-15-32-66-60(53)71)43-20-14-21-44(35-43)75-45-29-30-47-46-22-8-9-27-52(46)72(54(47)36-45)55-34-42(31-33-65-55)64(5,6)7/h8-36H,37H2,1-7H3. The van der Waals surface area contributed by atoms with Crippen LogP contribution in [0.25, 0.3) is 83.1 Å². The number of anilines is 4. The third-order valence-electron chi connectivity index (χ3n) is 15.1. The van der Waals surface area contributed by atoms with Gasteiger partial charge in [-0.05, 0) is 116 Å². The first-order valence-corrected chi connectivity index (χ1v) is 25.5. The largest absolute Gasteiger partial charge is 0.457 e. The Morgan fingerprint density at radius 1 is 0.427 bits per heavy atom. The zero-order valence-corrected chi connectivity index (χ0v) is 42.8. The fourth-order valence-corrected chi connectivity index (χ4v) is 11.6. The average molecular weight is 977 g/mol. The van der Waals surface area contributed by atoms with Gasteiger partial charge in [-0.15, -0.1) is 0 Å². The summed E-state index contributed by atoms with van der Waals surface area (Å²) in [5.41, 5.74) is 13.9. The lowest BCUT2D eigenvalue weighted by Gasteiger charge is -2.22. The summed E-state index contributed by atoms with van der Waals surface area (Å²) in [6, 6.07) is 57.4. The minimum atomic E-state index is -0.0341. The average Bonchev–Trinajstić information content (AvgIpc) is 4.17. The maximum Gasteiger partial charge on any atom is 0.241 e. The van der Waals surface area contributed by atoms with Gasteiger partial charge >= 0.3 is 0 Å². The lowest BCUT2D eigenvalue weighted by atomic mass is 9.88. The van der Waals surface area contributed by atoms with E-state index >= 15 is 0 Å². The lowest BCUT2D eigenvalue weighted by molar-refractivity contribution is 0.483. The van der Waals surface area contributed by atoms with E-state index in [0.29, 0.717) is 30.3 Å². The van der Waals surface area contributed by atoms with Crippen molar-refractivity contribution in [1.82, 2.24) is 38.6 Å². The number of rotatable bonds is 7. The molecule has 7 heterocycles. The van der Waals surface area contributed by atoms with Crippen molar-refractivity contribution in [2.75, 3.05) is 16.5 Å². The van der Waals surface area contributed by atoms with Gasteiger partial charge in [-0.3, -0.25) is 18.6 Å². The number of para-hydroxylation sites is 5. The minimum Gasteiger partial charge on any atom is -0.457 e. The van der Waals surface area contributed by atoms with E-state index < -0.39 is 0 Å². The first-order valence-electron chi connectivity index (χ1n) is 25.5. The van der Waals surface area contributed by atoms with Crippen LogP contribution in [0.4, 0.5) is 23.1 Å². The van der Waals surface area contributed by atoms with E-state index in [0.717, 1.165) is 116 Å². The minimum absolute atomic E-state index is 0.0341. The molecule has 14 rings (SSSR count). The number of pyridine rings is 2. The van der Waals surface area contributed by atoms with Gasteiger partial charge in [0, 0.05) is 62.5 Å². The summed E-state index contributed by atoms with van der Waals surface area (Å²) in [5, 5.41) is 6.87. The molecular weight excluding hydrogens is 925 g/mol. The molecule has 1 aliphatic rings.